The molecule has 162 valence electrons. The van der Waals surface area contributed by atoms with E-state index in [4.69, 9.17) is 4.74 Å². The number of likely N-dealkylation sites (tertiary alicyclic amines) is 1. The molecule has 2 N–H and O–H groups in total. The molecule has 0 spiro atoms. The molecule has 2 aromatic carbocycles. The molecule has 2 heterocycles. The molecule has 3 aromatic rings. The van der Waals surface area contributed by atoms with Crippen LogP contribution in [0.4, 0.5) is 4.39 Å². The number of methoxy groups -OCH3 is 1. The summed E-state index contributed by atoms with van der Waals surface area (Å²) < 4.78 is 19.1. The van der Waals surface area contributed by atoms with Crippen molar-refractivity contribution in [3.05, 3.63) is 95.1 Å². The molecule has 8 heteroatoms. The summed E-state index contributed by atoms with van der Waals surface area (Å²) in [6.45, 7) is 0.0706. The molecule has 0 aliphatic carbocycles. The summed E-state index contributed by atoms with van der Waals surface area (Å²) in [5, 5.41) is 21.0. The fourth-order valence-electron chi connectivity index (χ4n) is 3.74. The number of ketones is 1. The van der Waals surface area contributed by atoms with Crippen molar-refractivity contribution in [2.24, 2.45) is 0 Å². The van der Waals surface area contributed by atoms with Crippen LogP contribution in [0.15, 0.2) is 72.6 Å². The zero-order valence-corrected chi connectivity index (χ0v) is 17.0. The standard InChI is InChI=1S/C24H19FN2O5/c1-32-19-6-5-16(12-18(19)25)22(29)20-21(15-3-2-4-17(28)11-15)27(24(31)23(20)30)13-14-7-9-26-10-8-14/h2-12,21,28-29H,13H2,1H3/t21-/m0/s1. The first-order chi connectivity index (χ1) is 15.4. The highest BCUT2D eigenvalue weighted by Gasteiger charge is 2.46. The first-order valence-electron chi connectivity index (χ1n) is 9.71. The van der Waals surface area contributed by atoms with Gasteiger partial charge in [-0.1, -0.05) is 12.1 Å². The highest BCUT2D eigenvalue weighted by Crippen LogP contribution is 2.41. The van der Waals surface area contributed by atoms with E-state index in [9.17, 15) is 24.2 Å². The number of phenolic OH excluding ortho intramolecular Hbond substituents is 1. The van der Waals surface area contributed by atoms with Gasteiger partial charge < -0.3 is 19.8 Å². The lowest BCUT2D eigenvalue weighted by molar-refractivity contribution is -0.140. The number of nitrogens with zero attached hydrogens (tertiary/aromatic N) is 2. The van der Waals surface area contributed by atoms with E-state index >= 15 is 0 Å². The molecule has 0 radical (unpaired) electrons. The van der Waals surface area contributed by atoms with E-state index in [1.807, 2.05) is 0 Å². The molecule has 7 nitrogen and oxygen atoms in total. The summed E-state index contributed by atoms with van der Waals surface area (Å²) in [6.07, 6.45) is 3.13. The average molecular weight is 434 g/mol. The van der Waals surface area contributed by atoms with Gasteiger partial charge in [-0.15, -0.1) is 0 Å². The molecular weight excluding hydrogens is 415 g/mol. The van der Waals surface area contributed by atoms with Gasteiger partial charge in [-0.25, -0.2) is 4.39 Å². The number of pyridine rings is 1. The molecule has 32 heavy (non-hydrogen) atoms. The number of halogens is 1. The molecule has 0 bridgehead atoms. The Hall–Kier alpha value is -4.20. The summed E-state index contributed by atoms with van der Waals surface area (Å²) in [5.41, 5.74) is 0.978. The predicted molar refractivity (Wildman–Crippen MR) is 113 cm³/mol. The van der Waals surface area contributed by atoms with Crippen molar-refractivity contribution in [3.8, 4) is 11.5 Å². The van der Waals surface area contributed by atoms with E-state index < -0.39 is 29.3 Å². The van der Waals surface area contributed by atoms with Crippen LogP contribution in [0.1, 0.15) is 22.7 Å². The molecule has 4 rings (SSSR count). The van der Waals surface area contributed by atoms with Gasteiger partial charge in [0, 0.05) is 24.5 Å². The Morgan fingerprint density at radius 1 is 1.12 bits per heavy atom. The number of aromatic nitrogens is 1. The number of carbonyl (C=O) groups excluding carboxylic acids is 2. The number of benzene rings is 2. The molecule has 1 atom stereocenters. The van der Waals surface area contributed by atoms with Gasteiger partial charge in [-0.2, -0.15) is 0 Å². The van der Waals surface area contributed by atoms with Crippen LogP contribution < -0.4 is 4.74 Å². The Bertz CT molecular complexity index is 1230. The number of aromatic hydroxyl groups is 1. The molecule has 1 aromatic heterocycles. The molecule has 1 fully saturated rings. The van der Waals surface area contributed by atoms with Gasteiger partial charge in [0.1, 0.15) is 11.5 Å². The molecule has 1 aliphatic rings. The van der Waals surface area contributed by atoms with Crippen LogP contribution in [0.2, 0.25) is 0 Å². The van der Waals surface area contributed by atoms with Crippen molar-refractivity contribution in [1.29, 1.82) is 0 Å². The smallest absolute Gasteiger partial charge is 0.295 e. The van der Waals surface area contributed by atoms with Gasteiger partial charge in [0.15, 0.2) is 11.6 Å². The molecule has 0 saturated carbocycles. The first-order valence-corrected chi connectivity index (χ1v) is 9.71. The van der Waals surface area contributed by atoms with Crippen LogP contribution in [0, 0.1) is 5.82 Å². The molecule has 1 saturated heterocycles. The van der Waals surface area contributed by atoms with E-state index in [1.54, 1.807) is 36.7 Å². The lowest BCUT2D eigenvalue weighted by Crippen LogP contribution is -2.29. The zero-order chi connectivity index (χ0) is 22.8. The van der Waals surface area contributed by atoms with Crippen LogP contribution in [0.5, 0.6) is 11.5 Å². The number of aliphatic hydroxyl groups excluding tert-OH is 1. The monoisotopic (exact) mass is 434 g/mol. The Morgan fingerprint density at radius 3 is 2.53 bits per heavy atom. The third-order valence-corrected chi connectivity index (χ3v) is 5.25. The van der Waals surface area contributed by atoms with E-state index in [2.05, 4.69) is 4.98 Å². The minimum Gasteiger partial charge on any atom is -0.508 e. The number of hydrogen-bond donors (Lipinski definition) is 2. The number of Topliss-reactive ketones (excluding diaryl/α,β-unsaturated/α-hetero) is 1. The minimum absolute atomic E-state index is 0.0235. The lowest BCUT2D eigenvalue weighted by atomic mass is 9.95. The van der Waals surface area contributed by atoms with Crippen molar-refractivity contribution >= 4 is 17.4 Å². The Kier molecular flexibility index (Phi) is 5.59. The van der Waals surface area contributed by atoms with Crippen molar-refractivity contribution in [1.82, 2.24) is 9.88 Å². The fourth-order valence-corrected chi connectivity index (χ4v) is 3.74. The number of hydrogen-bond acceptors (Lipinski definition) is 6. The second kappa shape index (κ2) is 8.50. The fraction of sp³-hybridized carbons (Fsp3) is 0.125. The van der Waals surface area contributed by atoms with Gasteiger partial charge in [0.05, 0.1) is 18.7 Å². The largest absolute Gasteiger partial charge is 0.508 e. The first kappa shape index (κ1) is 21.0. The normalized spacial score (nSPS) is 17.6. The van der Waals surface area contributed by atoms with Crippen LogP contribution >= 0.6 is 0 Å². The maximum atomic E-state index is 14.2. The number of phenols is 1. The van der Waals surface area contributed by atoms with Crippen LogP contribution in [-0.2, 0) is 16.1 Å². The van der Waals surface area contributed by atoms with Crippen molar-refractivity contribution < 1.29 is 28.9 Å². The molecule has 0 unspecified atom stereocenters. The molecule has 1 amide bonds. The minimum atomic E-state index is -0.986. The second-order valence-electron chi connectivity index (χ2n) is 7.23. The lowest BCUT2D eigenvalue weighted by Gasteiger charge is -2.25. The second-order valence-corrected chi connectivity index (χ2v) is 7.23. The van der Waals surface area contributed by atoms with E-state index in [0.29, 0.717) is 5.56 Å². The predicted octanol–water partition coefficient (Wildman–Crippen LogP) is 3.56. The summed E-state index contributed by atoms with van der Waals surface area (Å²) in [7, 11) is 1.31. The topological polar surface area (TPSA) is 100.0 Å². The van der Waals surface area contributed by atoms with Gasteiger partial charge in [0.25, 0.3) is 11.7 Å². The summed E-state index contributed by atoms with van der Waals surface area (Å²) in [5.74, 6) is -3.05. The quantitative estimate of drug-likeness (QED) is 0.362. The summed E-state index contributed by atoms with van der Waals surface area (Å²) in [4.78, 5) is 31.2. The Balaban J connectivity index is 1.87. The van der Waals surface area contributed by atoms with Gasteiger partial charge >= 0.3 is 0 Å². The summed E-state index contributed by atoms with van der Waals surface area (Å²) in [6, 6.07) is 12.3. The molecular formula is C24H19FN2O5. The van der Waals surface area contributed by atoms with Crippen LogP contribution in [-0.4, -0.2) is 38.9 Å². The van der Waals surface area contributed by atoms with Crippen molar-refractivity contribution in [2.75, 3.05) is 7.11 Å². The average Bonchev–Trinajstić information content (AvgIpc) is 3.04. The van der Waals surface area contributed by atoms with Crippen molar-refractivity contribution in [3.63, 3.8) is 0 Å². The maximum absolute atomic E-state index is 14.2. The van der Waals surface area contributed by atoms with Gasteiger partial charge in [0.2, 0.25) is 0 Å². The van der Waals surface area contributed by atoms with Crippen LogP contribution in [0.25, 0.3) is 5.76 Å². The van der Waals surface area contributed by atoms with Crippen LogP contribution in [0.3, 0.4) is 0 Å². The number of carbonyl (C=O) groups is 2. The number of amides is 1. The van der Waals surface area contributed by atoms with Crippen molar-refractivity contribution in [2.45, 2.75) is 12.6 Å². The number of aliphatic hydroxyl groups is 1. The SMILES string of the molecule is COc1ccc(C(O)=C2C(=O)C(=O)N(Cc3ccncc3)[C@H]2c2cccc(O)c2)cc1F. The third kappa shape index (κ3) is 3.78. The zero-order valence-electron chi connectivity index (χ0n) is 17.0. The summed E-state index contributed by atoms with van der Waals surface area (Å²) >= 11 is 0. The number of rotatable bonds is 5. The highest BCUT2D eigenvalue weighted by molar-refractivity contribution is 6.46. The Labute approximate surface area is 183 Å². The van der Waals surface area contributed by atoms with Gasteiger partial charge in [-0.05, 0) is 53.6 Å². The van der Waals surface area contributed by atoms with E-state index in [1.165, 1.54) is 36.3 Å². The van der Waals surface area contributed by atoms with E-state index in [0.717, 1.165) is 11.6 Å². The maximum Gasteiger partial charge on any atom is 0.295 e. The molecule has 1 aliphatic heterocycles. The highest BCUT2D eigenvalue weighted by atomic mass is 19.1. The van der Waals surface area contributed by atoms with E-state index in [-0.39, 0.29) is 29.2 Å². The van der Waals surface area contributed by atoms with Gasteiger partial charge in [-0.3, -0.25) is 14.6 Å². The Morgan fingerprint density at radius 2 is 1.88 bits per heavy atom. The number of ether oxygens (including phenoxy) is 1. The third-order valence-electron chi connectivity index (χ3n) is 5.25.